The number of nitrogens with zero attached hydrogens (tertiary/aromatic N) is 1. The van der Waals surface area contributed by atoms with E-state index in [2.05, 4.69) is 0 Å². The Morgan fingerprint density at radius 2 is 0.789 bits per heavy atom. The Kier molecular flexibility index (Phi) is 4.27. The molecule has 0 radical (unpaired) electrons. The normalized spacial score (nSPS) is 23.7. The summed E-state index contributed by atoms with van der Waals surface area (Å²) >= 11 is 0. The molecule has 0 heterocycles. The van der Waals surface area contributed by atoms with Crippen molar-refractivity contribution < 1.29 is 39.5 Å². The number of hydrogen-bond donors (Lipinski definition) is 0. The molecule has 10 heteroatoms. The second-order valence-electron chi connectivity index (χ2n) is 4.52. The van der Waals surface area contributed by atoms with Crippen molar-refractivity contribution >= 4 is 0 Å². The lowest BCUT2D eigenvalue weighted by Gasteiger charge is -2.48. The van der Waals surface area contributed by atoms with Gasteiger partial charge in [-0.15, -0.1) is 0 Å². The lowest BCUT2D eigenvalue weighted by Crippen LogP contribution is -2.74. The van der Waals surface area contributed by atoms with Crippen LogP contribution in [0.3, 0.4) is 0 Å². The Balaban J connectivity index is 6.21. The van der Waals surface area contributed by atoms with Gasteiger partial charge in [0.25, 0.3) is 11.3 Å². The maximum atomic E-state index is 14.2. The molecule has 2 unspecified atom stereocenters. The lowest BCUT2D eigenvalue weighted by molar-refractivity contribution is -0.363. The summed E-state index contributed by atoms with van der Waals surface area (Å²) < 4.78 is 116. The fraction of sp³-hybridized carbons (Fsp3) is 1.00. The maximum Gasteiger partial charge on any atom is 0.426 e. The summed E-state index contributed by atoms with van der Waals surface area (Å²) in [6, 6.07) is 0. The van der Waals surface area contributed by atoms with Gasteiger partial charge in [-0.05, 0) is 27.9 Å². The molecule has 0 amide bonds. The molecule has 0 spiro atoms. The van der Waals surface area contributed by atoms with Crippen molar-refractivity contribution in [1.82, 2.24) is 4.90 Å². The molecule has 0 aliphatic carbocycles. The average Bonchev–Trinajstić information content (AvgIpc) is 2.11. The molecule has 0 fully saturated rings. The van der Waals surface area contributed by atoms with Gasteiger partial charge in [-0.2, -0.15) is 26.3 Å². The third-order valence-electron chi connectivity index (χ3n) is 2.93. The van der Waals surface area contributed by atoms with Crippen molar-refractivity contribution in [2.24, 2.45) is 0 Å². The zero-order chi connectivity index (χ0) is 16.1. The SMILES string of the molecule is CN(C)C(F)(C(C)(F)C(F)(F)F)C(C)(F)C(F)(F)F. The highest BCUT2D eigenvalue weighted by Crippen LogP contribution is 2.55. The summed E-state index contributed by atoms with van der Waals surface area (Å²) in [6.45, 7) is -0.951. The van der Waals surface area contributed by atoms with Crippen molar-refractivity contribution in [2.45, 2.75) is 43.3 Å². The molecule has 0 aliphatic heterocycles. The van der Waals surface area contributed by atoms with Crippen LogP contribution in [0.1, 0.15) is 13.8 Å². The molecule has 1 nitrogen and oxygen atoms in total. The van der Waals surface area contributed by atoms with Crippen LogP contribution < -0.4 is 0 Å². The minimum absolute atomic E-state index is 0.382. The molecule has 0 rings (SSSR count). The van der Waals surface area contributed by atoms with E-state index in [1.165, 1.54) is 0 Å². The van der Waals surface area contributed by atoms with Gasteiger partial charge in [0.1, 0.15) is 0 Å². The second-order valence-corrected chi connectivity index (χ2v) is 4.52. The van der Waals surface area contributed by atoms with Crippen LogP contribution in [0.2, 0.25) is 0 Å². The van der Waals surface area contributed by atoms with Crippen molar-refractivity contribution in [2.75, 3.05) is 14.1 Å². The van der Waals surface area contributed by atoms with Crippen LogP contribution in [0, 0.1) is 0 Å². The van der Waals surface area contributed by atoms with Gasteiger partial charge in [-0.3, -0.25) is 4.90 Å². The zero-order valence-electron chi connectivity index (χ0n) is 10.3. The highest BCUT2D eigenvalue weighted by molar-refractivity contribution is 5.13. The molecular weight excluding hydrogens is 293 g/mol. The van der Waals surface area contributed by atoms with Gasteiger partial charge in [-0.25, -0.2) is 13.2 Å². The first-order chi connectivity index (χ1) is 7.94. The third-order valence-corrected chi connectivity index (χ3v) is 2.93. The van der Waals surface area contributed by atoms with Gasteiger partial charge in [-0.1, -0.05) is 0 Å². The molecule has 0 saturated heterocycles. The van der Waals surface area contributed by atoms with Crippen molar-refractivity contribution in [3.63, 3.8) is 0 Å². The van der Waals surface area contributed by atoms with Crippen molar-refractivity contribution in [3.8, 4) is 0 Å². The topological polar surface area (TPSA) is 3.24 Å². The van der Waals surface area contributed by atoms with E-state index < -0.39 is 48.2 Å². The molecule has 2 atom stereocenters. The van der Waals surface area contributed by atoms with Crippen LogP contribution in [0.15, 0.2) is 0 Å². The third kappa shape index (κ3) is 2.38. The zero-order valence-corrected chi connectivity index (χ0v) is 10.3. The van der Waals surface area contributed by atoms with Gasteiger partial charge in [0, 0.05) is 0 Å². The van der Waals surface area contributed by atoms with Gasteiger partial charge >= 0.3 is 12.4 Å². The van der Waals surface area contributed by atoms with E-state index in [0.717, 1.165) is 0 Å². The molecule has 0 aromatic heterocycles. The Hall–Kier alpha value is -0.670. The molecule has 0 aromatic rings. The fourth-order valence-corrected chi connectivity index (χ4v) is 1.66. The number of alkyl halides is 9. The van der Waals surface area contributed by atoms with Crippen LogP contribution in [-0.4, -0.2) is 48.5 Å². The minimum Gasteiger partial charge on any atom is -0.272 e. The van der Waals surface area contributed by atoms with Crippen molar-refractivity contribution in [1.29, 1.82) is 0 Å². The summed E-state index contributed by atoms with van der Waals surface area (Å²) in [5.41, 5.74) is -10.2. The number of halogens is 9. The summed E-state index contributed by atoms with van der Waals surface area (Å²) in [7, 11) is 0.764. The summed E-state index contributed by atoms with van der Waals surface area (Å²) in [5, 5.41) is 0. The molecule has 116 valence electrons. The Bertz CT molecular complexity index is 300. The average molecular weight is 305 g/mol. The molecule has 19 heavy (non-hydrogen) atoms. The summed E-state index contributed by atoms with van der Waals surface area (Å²) in [6.07, 6.45) is -12.1. The van der Waals surface area contributed by atoms with Gasteiger partial charge in [0.2, 0.25) is 5.79 Å². The van der Waals surface area contributed by atoms with Crippen molar-refractivity contribution in [3.05, 3.63) is 0 Å². The van der Waals surface area contributed by atoms with Gasteiger partial charge in [0.15, 0.2) is 0 Å². The van der Waals surface area contributed by atoms with E-state index in [1.54, 1.807) is 0 Å². The maximum absolute atomic E-state index is 14.2. The Morgan fingerprint density at radius 3 is 0.895 bits per heavy atom. The molecule has 0 aliphatic rings. The fourth-order valence-electron chi connectivity index (χ4n) is 1.66. The predicted molar refractivity (Wildman–Crippen MR) is 48.7 cm³/mol. The number of hydrogen-bond acceptors (Lipinski definition) is 1. The Labute approximate surface area is 103 Å². The molecule has 0 aromatic carbocycles. The molecule has 0 N–H and O–H groups in total. The van der Waals surface area contributed by atoms with Crippen LogP contribution in [0.4, 0.5) is 39.5 Å². The highest BCUT2D eigenvalue weighted by Gasteiger charge is 2.80. The molecule has 0 saturated carbocycles. The predicted octanol–water partition coefficient (Wildman–Crippen LogP) is 3.79. The first-order valence-electron chi connectivity index (χ1n) is 4.82. The monoisotopic (exact) mass is 305 g/mol. The van der Waals surface area contributed by atoms with Gasteiger partial charge in [0.05, 0.1) is 0 Å². The van der Waals surface area contributed by atoms with E-state index in [1.807, 2.05) is 0 Å². The minimum atomic E-state index is -6.04. The summed E-state index contributed by atoms with van der Waals surface area (Å²) in [4.78, 5) is -0.409. The standard InChI is InChI=1S/C9H12F9N/c1-5(10,8(13,14)15)7(12,19(3)4)6(2,11)9(16,17)18/h1-4H3. The van der Waals surface area contributed by atoms with Crippen LogP contribution in [0.5, 0.6) is 0 Å². The smallest absolute Gasteiger partial charge is 0.272 e. The van der Waals surface area contributed by atoms with Crippen LogP contribution >= 0.6 is 0 Å². The lowest BCUT2D eigenvalue weighted by atomic mass is 9.81. The first kappa shape index (κ1) is 18.3. The van der Waals surface area contributed by atoms with Crippen LogP contribution in [-0.2, 0) is 0 Å². The molecule has 0 bridgehead atoms. The largest absolute Gasteiger partial charge is 0.426 e. The van der Waals surface area contributed by atoms with E-state index in [4.69, 9.17) is 0 Å². The van der Waals surface area contributed by atoms with E-state index in [9.17, 15) is 39.5 Å². The summed E-state index contributed by atoms with van der Waals surface area (Å²) in [5.74, 6) is -4.99. The van der Waals surface area contributed by atoms with E-state index in [0.29, 0.717) is 14.1 Å². The number of rotatable bonds is 3. The van der Waals surface area contributed by atoms with Crippen LogP contribution in [0.25, 0.3) is 0 Å². The first-order valence-corrected chi connectivity index (χ1v) is 4.82. The molecular formula is C9H12F9N. The quantitative estimate of drug-likeness (QED) is 0.566. The van der Waals surface area contributed by atoms with E-state index >= 15 is 0 Å². The Morgan fingerprint density at radius 1 is 0.579 bits per heavy atom. The highest BCUT2D eigenvalue weighted by atomic mass is 19.4. The van der Waals surface area contributed by atoms with Gasteiger partial charge < -0.3 is 0 Å². The van der Waals surface area contributed by atoms with E-state index in [-0.39, 0.29) is 0 Å². The second kappa shape index (κ2) is 4.42.